The smallest absolute Gasteiger partial charge is 0.338 e. The minimum absolute atomic E-state index is 0.104. The van der Waals surface area contributed by atoms with Crippen LogP contribution in [0, 0.1) is 11.8 Å². The van der Waals surface area contributed by atoms with Crippen LogP contribution in [0.2, 0.25) is 0 Å². The molecule has 12 nitrogen and oxygen atoms in total. The molecular weight excluding hydrogens is 552 g/mol. The van der Waals surface area contributed by atoms with E-state index in [0.717, 1.165) is 0 Å². The second-order valence-electron chi connectivity index (χ2n) is 11.2. The number of rotatable bonds is 4. The van der Waals surface area contributed by atoms with Gasteiger partial charge in [-0.05, 0) is 26.0 Å². The molecule has 0 unspecified atom stereocenters. The number of methoxy groups -OCH3 is 3. The van der Waals surface area contributed by atoms with Crippen molar-refractivity contribution in [2.75, 3.05) is 34.7 Å². The van der Waals surface area contributed by atoms with Gasteiger partial charge in [-0.15, -0.1) is 0 Å². The maximum atomic E-state index is 13.7. The highest BCUT2D eigenvalue weighted by molar-refractivity contribution is 5.90. The van der Waals surface area contributed by atoms with E-state index in [2.05, 4.69) is 0 Å². The summed E-state index contributed by atoms with van der Waals surface area (Å²) in [6.45, 7) is 7.13. The zero-order chi connectivity index (χ0) is 30.7. The molecule has 1 aliphatic carbocycles. The van der Waals surface area contributed by atoms with Crippen LogP contribution < -0.4 is 28.4 Å². The Labute approximate surface area is 243 Å². The summed E-state index contributed by atoms with van der Waals surface area (Å²) in [6.07, 6.45) is -2.51. The van der Waals surface area contributed by atoms with Crippen LogP contribution in [0.4, 0.5) is 0 Å². The molecule has 0 saturated heterocycles. The zero-order valence-electron chi connectivity index (χ0n) is 24.9. The molecule has 6 atom stereocenters. The van der Waals surface area contributed by atoms with Crippen molar-refractivity contribution < 1.29 is 57.7 Å². The van der Waals surface area contributed by atoms with Crippen LogP contribution in [-0.2, 0) is 19.1 Å². The monoisotopic (exact) mass is 588 g/mol. The normalized spacial score (nSPS) is 29.6. The van der Waals surface area contributed by atoms with Crippen LogP contribution in [-0.4, -0.2) is 68.1 Å². The Morgan fingerprint density at radius 2 is 1.62 bits per heavy atom. The Morgan fingerprint density at radius 3 is 2.24 bits per heavy atom. The predicted octanol–water partition coefficient (Wildman–Crippen LogP) is 3.48. The quantitative estimate of drug-likeness (QED) is 0.504. The minimum atomic E-state index is -2.02. The van der Waals surface area contributed by atoms with Gasteiger partial charge >= 0.3 is 11.9 Å². The number of hydrogen-bond acceptors (Lipinski definition) is 12. The van der Waals surface area contributed by atoms with E-state index in [4.69, 9.17) is 37.9 Å². The van der Waals surface area contributed by atoms with Gasteiger partial charge in [-0.3, -0.25) is 4.79 Å². The Morgan fingerprint density at radius 1 is 0.929 bits per heavy atom. The van der Waals surface area contributed by atoms with Crippen LogP contribution in [0.25, 0.3) is 11.1 Å². The molecule has 0 amide bonds. The maximum absolute atomic E-state index is 13.7. The highest BCUT2D eigenvalue weighted by Gasteiger charge is 2.53. The van der Waals surface area contributed by atoms with Gasteiger partial charge in [0, 0.05) is 41.0 Å². The lowest BCUT2D eigenvalue weighted by molar-refractivity contribution is -0.201. The van der Waals surface area contributed by atoms with Crippen molar-refractivity contribution in [3.05, 3.63) is 23.3 Å². The van der Waals surface area contributed by atoms with Gasteiger partial charge in [0.1, 0.15) is 11.7 Å². The van der Waals surface area contributed by atoms with Gasteiger partial charge < -0.3 is 48.1 Å². The van der Waals surface area contributed by atoms with E-state index in [9.17, 15) is 19.8 Å². The number of carbonyl (C=O) groups is 2. The lowest BCUT2D eigenvalue weighted by Crippen LogP contribution is -2.50. The summed E-state index contributed by atoms with van der Waals surface area (Å²) in [5, 5.41) is 23.7. The number of aliphatic hydroxyl groups is 2. The second kappa shape index (κ2) is 10.4. The average Bonchev–Trinajstić information content (AvgIpc) is 3.42. The van der Waals surface area contributed by atoms with Crippen molar-refractivity contribution >= 4 is 11.9 Å². The summed E-state index contributed by atoms with van der Waals surface area (Å²) in [6, 6.07) is 3.26. The van der Waals surface area contributed by atoms with Crippen LogP contribution in [0.15, 0.2) is 12.1 Å². The Balaban J connectivity index is 2.04. The summed E-state index contributed by atoms with van der Waals surface area (Å²) in [7, 11) is 4.31. The van der Waals surface area contributed by atoms with Crippen molar-refractivity contribution in [3.8, 4) is 45.6 Å². The van der Waals surface area contributed by atoms with Crippen LogP contribution in [0.3, 0.4) is 0 Å². The van der Waals surface area contributed by atoms with Gasteiger partial charge in [-0.2, -0.15) is 0 Å². The number of ether oxygens (including phenoxy) is 8. The highest BCUT2D eigenvalue weighted by atomic mass is 16.7. The van der Waals surface area contributed by atoms with Gasteiger partial charge in [0.2, 0.25) is 18.3 Å². The van der Waals surface area contributed by atoms with Crippen molar-refractivity contribution in [2.24, 2.45) is 11.8 Å². The first-order chi connectivity index (χ1) is 19.8. The predicted molar refractivity (Wildman–Crippen MR) is 146 cm³/mol. The molecule has 2 N–H and O–H groups in total. The van der Waals surface area contributed by atoms with Crippen molar-refractivity contribution in [1.82, 2.24) is 0 Å². The molecule has 5 rings (SSSR count). The highest BCUT2D eigenvalue weighted by Crippen LogP contribution is 2.61. The molecule has 0 aromatic heterocycles. The summed E-state index contributed by atoms with van der Waals surface area (Å²) in [5.74, 6) is -1.85. The third-order valence-corrected chi connectivity index (χ3v) is 8.62. The molecule has 0 spiro atoms. The molecule has 0 fully saturated rings. The van der Waals surface area contributed by atoms with Gasteiger partial charge in [0.05, 0.1) is 27.9 Å². The molecule has 0 saturated carbocycles. The topological polar surface area (TPSA) is 148 Å². The number of hydrogen-bond donors (Lipinski definition) is 2. The standard InChI is InChI=1S/C30H36O12/c1-13-11-38-26-20-16(9-19-24(26)40-12-39-19)22(41-15(3)31)14(2)30(5,34)27(42-28(32)29(13,4)33)17-10-18(35-6)23(36-7)25(37-8)21(17)20/h9-10,13-14,22,27,33-34H,11-12H2,1-8H3/t13-,14+,22-,27+,29+,30+/m1/s1. The van der Waals surface area contributed by atoms with Crippen LogP contribution in [0.1, 0.15) is 58.0 Å². The van der Waals surface area contributed by atoms with E-state index in [0.29, 0.717) is 22.4 Å². The van der Waals surface area contributed by atoms with Crippen LogP contribution >= 0.6 is 0 Å². The summed E-state index contributed by atoms with van der Waals surface area (Å²) in [4.78, 5) is 26.2. The summed E-state index contributed by atoms with van der Waals surface area (Å²) in [5.41, 5.74) is -2.52. The van der Waals surface area contributed by atoms with Crippen molar-refractivity contribution in [2.45, 2.75) is 58.0 Å². The molecule has 2 aromatic rings. The number of benzene rings is 2. The Kier molecular flexibility index (Phi) is 7.34. The zero-order valence-corrected chi connectivity index (χ0v) is 24.9. The maximum Gasteiger partial charge on any atom is 0.338 e. The van der Waals surface area contributed by atoms with E-state index in [1.54, 1.807) is 26.0 Å². The number of fused-ring (bicyclic) bond motifs is 2. The van der Waals surface area contributed by atoms with E-state index in [-0.39, 0.29) is 47.7 Å². The fourth-order valence-corrected chi connectivity index (χ4v) is 5.75. The lowest BCUT2D eigenvalue weighted by Gasteiger charge is -2.44. The SMILES string of the molecule is COc1cc2c(c(OC)c1OC)-c1c3cc4c(c1OC[C@@H](C)[C@](C)(O)C(=O)O[C@@H]2[C@@](C)(O)[C@@H](C)[C@H]3OC(C)=O)OCO4. The molecule has 42 heavy (non-hydrogen) atoms. The van der Waals surface area contributed by atoms with Gasteiger partial charge in [0.25, 0.3) is 0 Å². The summed E-state index contributed by atoms with van der Waals surface area (Å²) < 4.78 is 47.2. The summed E-state index contributed by atoms with van der Waals surface area (Å²) >= 11 is 0. The average molecular weight is 589 g/mol. The van der Waals surface area contributed by atoms with E-state index in [1.807, 2.05) is 0 Å². The van der Waals surface area contributed by atoms with Crippen molar-refractivity contribution in [1.29, 1.82) is 0 Å². The van der Waals surface area contributed by atoms with Crippen LogP contribution in [0.5, 0.6) is 34.5 Å². The van der Waals surface area contributed by atoms with E-state index >= 15 is 0 Å². The van der Waals surface area contributed by atoms with Gasteiger partial charge in [-0.1, -0.05) is 13.8 Å². The molecule has 2 bridgehead atoms. The third kappa shape index (κ3) is 4.35. The second-order valence-corrected chi connectivity index (χ2v) is 11.2. The van der Waals surface area contributed by atoms with E-state index < -0.39 is 47.2 Å². The minimum Gasteiger partial charge on any atom is -0.493 e. The fourth-order valence-electron chi connectivity index (χ4n) is 5.75. The first kappa shape index (κ1) is 29.6. The number of carbonyl (C=O) groups excluding carboxylic acids is 2. The van der Waals surface area contributed by atoms with E-state index in [1.165, 1.54) is 42.1 Å². The fraction of sp³-hybridized carbons (Fsp3) is 0.533. The molecule has 2 aliphatic heterocycles. The Bertz CT molecular complexity index is 1430. The molecule has 0 radical (unpaired) electrons. The molecule has 2 heterocycles. The number of esters is 2. The first-order valence-corrected chi connectivity index (χ1v) is 13.5. The third-order valence-electron chi connectivity index (χ3n) is 8.62. The molecular formula is C30H36O12. The molecule has 3 aliphatic rings. The van der Waals surface area contributed by atoms with Gasteiger partial charge in [-0.25, -0.2) is 4.79 Å². The molecule has 2 aromatic carbocycles. The molecule has 12 heteroatoms. The van der Waals surface area contributed by atoms with Gasteiger partial charge in [0.15, 0.2) is 34.7 Å². The van der Waals surface area contributed by atoms with Crippen molar-refractivity contribution in [3.63, 3.8) is 0 Å². The first-order valence-electron chi connectivity index (χ1n) is 13.5. The Hall–Kier alpha value is -3.90. The molecule has 228 valence electrons. The largest absolute Gasteiger partial charge is 0.493 e. The lowest BCUT2D eigenvalue weighted by atomic mass is 9.71.